The molecule has 1 aliphatic carbocycles. The monoisotopic (exact) mass is 386 g/mol. The van der Waals surface area contributed by atoms with Crippen molar-refractivity contribution in [1.29, 1.82) is 0 Å². The Morgan fingerprint density at radius 3 is 2.37 bits per heavy atom. The fraction of sp³-hybridized carbons (Fsp3) is 0.571. The summed E-state index contributed by atoms with van der Waals surface area (Å²) in [6, 6.07) is 4.67. The zero-order chi connectivity index (χ0) is 19.6. The summed E-state index contributed by atoms with van der Waals surface area (Å²) in [5, 5.41) is 12.4. The average molecular weight is 387 g/mol. The predicted octanol–water partition coefficient (Wildman–Crippen LogP) is 5.14. The van der Waals surface area contributed by atoms with Gasteiger partial charge in [0, 0.05) is 11.7 Å². The highest BCUT2D eigenvalue weighted by Gasteiger charge is 2.25. The Morgan fingerprint density at radius 1 is 1.11 bits per heavy atom. The molecule has 0 aliphatic heterocycles. The smallest absolute Gasteiger partial charge is 0.237 e. The molecule has 27 heavy (non-hydrogen) atoms. The molecule has 1 atom stereocenters. The van der Waals surface area contributed by atoms with Crippen LogP contribution in [0.4, 0.5) is 5.69 Å². The number of amides is 1. The molecule has 1 fully saturated rings. The zero-order valence-electron chi connectivity index (χ0n) is 17.0. The van der Waals surface area contributed by atoms with Gasteiger partial charge in [0.15, 0.2) is 5.16 Å². The number of carbonyl (C=O) groups is 1. The van der Waals surface area contributed by atoms with E-state index in [1.165, 1.54) is 49.4 Å². The van der Waals surface area contributed by atoms with Gasteiger partial charge < -0.3 is 9.88 Å². The predicted molar refractivity (Wildman–Crippen MR) is 111 cm³/mol. The van der Waals surface area contributed by atoms with E-state index in [0.29, 0.717) is 6.04 Å². The molecular formula is C21H30N4OS. The van der Waals surface area contributed by atoms with Crippen LogP contribution < -0.4 is 5.32 Å². The Morgan fingerprint density at radius 2 is 1.74 bits per heavy atom. The van der Waals surface area contributed by atoms with Gasteiger partial charge in [-0.15, -0.1) is 10.2 Å². The number of hydrogen-bond acceptors (Lipinski definition) is 4. The molecule has 0 saturated heterocycles. The van der Waals surface area contributed by atoms with E-state index in [4.69, 9.17) is 0 Å². The quantitative estimate of drug-likeness (QED) is 0.723. The Kier molecular flexibility index (Phi) is 6.25. The van der Waals surface area contributed by atoms with Crippen LogP contribution in [0.2, 0.25) is 0 Å². The Hall–Kier alpha value is -1.82. The summed E-state index contributed by atoms with van der Waals surface area (Å²) in [5.41, 5.74) is 4.32. The van der Waals surface area contributed by atoms with Crippen molar-refractivity contribution in [3.8, 4) is 0 Å². The largest absolute Gasteiger partial charge is 0.325 e. The van der Waals surface area contributed by atoms with Crippen LogP contribution in [0.5, 0.6) is 0 Å². The van der Waals surface area contributed by atoms with Gasteiger partial charge in [-0.2, -0.15) is 0 Å². The third kappa shape index (κ3) is 4.54. The molecule has 0 spiro atoms. The van der Waals surface area contributed by atoms with Crippen LogP contribution in [0.15, 0.2) is 17.3 Å². The van der Waals surface area contributed by atoms with Crippen molar-refractivity contribution in [2.45, 2.75) is 83.2 Å². The van der Waals surface area contributed by atoms with Crippen LogP contribution >= 0.6 is 11.8 Å². The van der Waals surface area contributed by atoms with Crippen LogP contribution in [-0.2, 0) is 4.79 Å². The van der Waals surface area contributed by atoms with Crippen LogP contribution in [0.25, 0.3) is 0 Å². The number of rotatable bonds is 5. The fourth-order valence-electron chi connectivity index (χ4n) is 4.00. The van der Waals surface area contributed by atoms with Crippen LogP contribution in [0.3, 0.4) is 0 Å². The van der Waals surface area contributed by atoms with Gasteiger partial charge in [-0.05, 0) is 58.6 Å². The molecule has 2 aromatic rings. The molecule has 1 aliphatic rings. The van der Waals surface area contributed by atoms with Crippen molar-refractivity contribution in [3.63, 3.8) is 0 Å². The van der Waals surface area contributed by atoms with Gasteiger partial charge in [0.1, 0.15) is 5.82 Å². The zero-order valence-corrected chi connectivity index (χ0v) is 17.8. The first kappa shape index (κ1) is 19.9. The number of aromatic nitrogens is 3. The number of carbonyl (C=O) groups excluding carboxylic acids is 1. The molecule has 1 heterocycles. The minimum absolute atomic E-state index is 0.00546. The number of thioether (sulfide) groups is 1. The highest BCUT2D eigenvalue weighted by molar-refractivity contribution is 8.00. The molecule has 6 heteroatoms. The third-order valence-electron chi connectivity index (χ3n) is 5.35. The standard InChI is InChI=1S/C21H30N4OS/c1-13-11-14(2)19(15(3)12-13)22-20(26)16(4)27-21-24-23-17(5)25(21)18-9-7-6-8-10-18/h11-12,16,18H,6-10H2,1-5H3,(H,22,26). The Labute approximate surface area is 166 Å². The van der Waals surface area contributed by atoms with Gasteiger partial charge in [0.2, 0.25) is 5.91 Å². The average Bonchev–Trinajstić information content (AvgIpc) is 2.98. The Bertz CT molecular complexity index is 801. The van der Waals surface area contributed by atoms with Crippen LogP contribution in [0.1, 0.15) is 67.6 Å². The highest BCUT2D eigenvalue weighted by atomic mass is 32.2. The summed E-state index contributed by atoms with van der Waals surface area (Å²) in [6.45, 7) is 10.1. The summed E-state index contributed by atoms with van der Waals surface area (Å²) < 4.78 is 2.25. The minimum atomic E-state index is -0.240. The lowest BCUT2D eigenvalue weighted by molar-refractivity contribution is -0.115. The molecule has 5 nitrogen and oxygen atoms in total. The second kappa shape index (κ2) is 8.46. The van der Waals surface area contributed by atoms with E-state index < -0.39 is 0 Å². The van der Waals surface area contributed by atoms with Gasteiger partial charge in [-0.1, -0.05) is 48.7 Å². The van der Waals surface area contributed by atoms with E-state index in [-0.39, 0.29) is 11.2 Å². The number of nitrogens with zero attached hydrogens (tertiary/aromatic N) is 3. The van der Waals surface area contributed by atoms with Crippen LogP contribution in [-0.4, -0.2) is 25.9 Å². The molecule has 1 amide bonds. The maximum absolute atomic E-state index is 12.8. The molecule has 1 N–H and O–H groups in total. The van der Waals surface area contributed by atoms with Crippen molar-refractivity contribution in [2.24, 2.45) is 0 Å². The Balaban J connectivity index is 1.72. The van der Waals surface area contributed by atoms with Gasteiger partial charge in [-0.3, -0.25) is 4.79 Å². The first-order chi connectivity index (χ1) is 12.9. The number of aryl methyl sites for hydroxylation is 4. The van der Waals surface area contributed by atoms with Gasteiger partial charge >= 0.3 is 0 Å². The third-order valence-corrected chi connectivity index (χ3v) is 6.41. The van der Waals surface area contributed by atoms with E-state index >= 15 is 0 Å². The summed E-state index contributed by atoms with van der Waals surface area (Å²) >= 11 is 1.50. The van der Waals surface area contributed by atoms with Gasteiger partial charge in [0.25, 0.3) is 0 Å². The topological polar surface area (TPSA) is 59.8 Å². The highest BCUT2D eigenvalue weighted by Crippen LogP contribution is 2.34. The molecule has 0 radical (unpaired) electrons. The van der Waals surface area contributed by atoms with E-state index in [9.17, 15) is 4.79 Å². The maximum Gasteiger partial charge on any atom is 0.237 e. The molecule has 146 valence electrons. The van der Waals surface area contributed by atoms with Crippen molar-refractivity contribution >= 4 is 23.4 Å². The number of anilines is 1. The van der Waals surface area contributed by atoms with Crippen molar-refractivity contribution in [1.82, 2.24) is 14.8 Å². The second-order valence-corrected chi connectivity index (χ2v) is 9.02. The molecular weight excluding hydrogens is 356 g/mol. The molecule has 1 saturated carbocycles. The SMILES string of the molecule is Cc1cc(C)c(NC(=O)C(C)Sc2nnc(C)n2C2CCCCC2)c(C)c1. The van der Waals surface area contributed by atoms with E-state index in [1.807, 2.05) is 27.7 Å². The van der Waals surface area contributed by atoms with Crippen LogP contribution in [0, 0.1) is 27.7 Å². The van der Waals surface area contributed by atoms with E-state index in [0.717, 1.165) is 27.8 Å². The molecule has 3 rings (SSSR count). The fourth-order valence-corrected chi connectivity index (χ4v) is 4.97. The molecule has 1 aromatic carbocycles. The number of benzene rings is 1. The van der Waals surface area contributed by atoms with E-state index in [1.54, 1.807) is 0 Å². The molecule has 0 bridgehead atoms. The van der Waals surface area contributed by atoms with Gasteiger partial charge in [0.05, 0.1) is 5.25 Å². The lowest BCUT2D eigenvalue weighted by Gasteiger charge is -2.25. The first-order valence-corrected chi connectivity index (χ1v) is 10.7. The number of nitrogens with one attached hydrogen (secondary N) is 1. The first-order valence-electron chi connectivity index (χ1n) is 9.83. The number of hydrogen-bond donors (Lipinski definition) is 1. The lowest BCUT2D eigenvalue weighted by atomic mass is 9.95. The van der Waals surface area contributed by atoms with Crippen molar-refractivity contribution < 1.29 is 4.79 Å². The normalized spacial score (nSPS) is 16.3. The summed E-state index contributed by atoms with van der Waals surface area (Å²) in [6.07, 6.45) is 6.18. The second-order valence-electron chi connectivity index (χ2n) is 7.71. The van der Waals surface area contributed by atoms with E-state index in [2.05, 4.69) is 39.1 Å². The molecule has 1 aromatic heterocycles. The van der Waals surface area contributed by atoms with Gasteiger partial charge in [-0.25, -0.2) is 0 Å². The maximum atomic E-state index is 12.8. The van der Waals surface area contributed by atoms with Crippen molar-refractivity contribution in [2.75, 3.05) is 5.32 Å². The molecule has 1 unspecified atom stereocenters. The lowest BCUT2D eigenvalue weighted by Crippen LogP contribution is -2.24. The summed E-state index contributed by atoms with van der Waals surface area (Å²) in [7, 11) is 0. The van der Waals surface area contributed by atoms with Crippen molar-refractivity contribution in [3.05, 3.63) is 34.6 Å². The summed E-state index contributed by atoms with van der Waals surface area (Å²) in [5.74, 6) is 0.952. The minimum Gasteiger partial charge on any atom is -0.325 e. The summed E-state index contributed by atoms with van der Waals surface area (Å²) in [4.78, 5) is 12.8.